The van der Waals surface area contributed by atoms with Crippen LogP contribution in [0.4, 0.5) is 0 Å². The molecule has 3 fully saturated rings. The summed E-state index contributed by atoms with van der Waals surface area (Å²) in [5.74, 6) is 0.951. The van der Waals surface area contributed by atoms with Crippen molar-refractivity contribution in [3.05, 3.63) is 77.9 Å². The van der Waals surface area contributed by atoms with Crippen LogP contribution < -0.4 is 4.74 Å². The van der Waals surface area contributed by atoms with Gasteiger partial charge in [-0.2, -0.15) is 0 Å². The summed E-state index contributed by atoms with van der Waals surface area (Å²) in [6, 6.07) is 17.8. The molecule has 5 nitrogen and oxygen atoms in total. The molecule has 5 aliphatic rings. The fraction of sp³-hybridized carbons (Fsp3) is 0.414. The number of rotatable bonds is 6. The smallest absolute Gasteiger partial charge is 0.312 e. The number of carbonyl (C=O) groups excluding carboxylic acids is 3. The lowest BCUT2D eigenvalue weighted by Gasteiger charge is -2.37. The molecule has 1 aliphatic heterocycles. The number of likely N-dealkylation sites (tertiary alicyclic amines) is 1. The molecule has 0 aromatic heterocycles. The molecule has 2 bridgehead atoms. The van der Waals surface area contributed by atoms with E-state index >= 15 is 0 Å². The zero-order valence-electron chi connectivity index (χ0n) is 19.5. The molecule has 1 saturated heterocycles. The predicted octanol–water partition coefficient (Wildman–Crippen LogP) is 4.36. The lowest BCUT2D eigenvalue weighted by molar-refractivity contribution is -0.141. The fourth-order valence-electron chi connectivity index (χ4n) is 6.59. The number of allylic oxidation sites excluding steroid dienone is 2. The number of benzene rings is 2. The van der Waals surface area contributed by atoms with E-state index in [1.807, 2.05) is 30.3 Å². The molecule has 0 N–H and O–H groups in total. The molecule has 4 aliphatic carbocycles. The number of esters is 1. The first-order valence-electron chi connectivity index (χ1n) is 12.3. The molecule has 0 unspecified atom stereocenters. The number of ether oxygens (including phenoxy) is 1. The van der Waals surface area contributed by atoms with Crippen LogP contribution in [0.5, 0.6) is 5.75 Å². The van der Waals surface area contributed by atoms with Crippen LogP contribution in [0, 0.1) is 35.5 Å². The maximum atomic E-state index is 13.0. The Bertz CT molecular complexity index is 1150. The van der Waals surface area contributed by atoms with E-state index in [1.54, 1.807) is 12.1 Å². The minimum Gasteiger partial charge on any atom is -0.426 e. The number of nitrogens with zero attached hydrogens (tertiary/aromatic N) is 1. The standard InChI is InChI=1S/C29H29NO4/c1-29(2,17-6-4-3-5-7-17)18-8-10-19(11-9-18)34-24(31)14-15-30-27(32)25-20-12-13-21(23-16-22(20)23)26(25)28(30)33/h3-13,20-23,25-26H,14-16H2,1-2H3/t20-,21-,22-,23+,25-,26+/m1/s1. The average molecular weight is 456 g/mol. The molecule has 2 aromatic rings. The van der Waals surface area contributed by atoms with Gasteiger partial charge in [0.25, 0.3) is 0 Å². The molecule has 7 rings (SSSR count). The highest BCUT2D eigenvalue weighted by Crippen LogP contribution is 2.65. The van der Waals surface area contributed by atoms with Crippen molar-refractivity contribution < 1.29 is 19.1 Å². The zero-order chi connectivity index (χ0) is 23.6. The normalized spacial score (nSPS) is 30.8. The van der Waals surface area contributed by atoms with Crippen LogP contribution in [0.3, 0.4) is 0 Å². The summed E-state index contributed by atoms with van der Waals surface area (Å²) in [4.78, 5) is 39.9. The number of carbonyl (C=O) groups is 3. The molecule has 2 amide bonds. The molecule has 0 radical (unpaired) electrons. The van der Waals surface area contributed by atoms with E-state index < -0.39 is 5.97 Å². The average Bonchev–Trinajstić information content (AvgIpc) is 3.63. The largest absolute Gasteiger partial charge is 0.426 e. The van der Waals surface area contributed by atoms with Crippen LogP contribution in [0.1, 0.15) is 37.8 Å². The molecule has 174 valence electrons. The quantitative estimate of drug-likeness (QED) is 0.281. The topological polar surface area (TPSA) is 63.7 Å². The van der Waals surface area contributed by atoms with Gasteiger partial charge in [0.15, 0.2) is 0 Å². The van der Waals surface area contributed by atoms with Gasteiger partial charge >= 0.3 is 5.97 Å². The highest BCUT2D eigenvalue weighted by molar-refractivity contribution is 6.06. The summed E-state index contributed by atoms with van der Waals surface area (Å²) in [5, 5.41) is 0. The molecule has 5 heteroatoms. The van der Waals surface area contributed by atoms with E-state index in [0.29, 0.717) is 17.6 Å². The first-order chi connectivity index (χ1) is 16.4. The third-order valence-electron chi connectivity index (χ3n) is 8.60. The summed E-state index contributed by atoms with van der Waals surface area (Å²) in [6.45, 7) is 4.42. The van der Waals surface area contributed by atoms with E-state index in [0.717, 1.165) is 12.0 Å². The minimum absolute atomic E-state index is 0.00377. The van der Waals surface area contributed by atoms with E-state index in [2.05, 4.69) is 38.1 Å². The number of amides is 2. The van der Waals surface area contributed by atoms with Crippen molar-refractivity contribution in [3.63, 3.8) is 0 Å². The van der Waals surface area contributed by atoms with Gasteiger partial charge in [-0.05, 0) is 53.4 Å². The van der Waals surface area contributed by atoms with E-state index in [-0.39, 0.29) is 53.9 Å². The van der Waals surface area contributed by atoms with Crippen molar-refractivity contribution in [2.75, 3.05) is 6.54 Å². The van der Waals surface area contributed by atoms with Crippen LogP contribution in [-0.2, 0) is 19.8 Å². The Morgan fingerprint density at radius 2 is 1.44 bits per heavy atom. The van der Waals surface area contributed by atoms with E-state index in [1.165, 1.54) is 10.5 Å². The Morgan fingerprint density at radius 3 is 2.03 bits per heavy atom. The monoisotopic (exact) mass is 455 g/mol. The minimum atomic E-state index is -0.436. The van der Waals surface area contributed by atoms with Gasteiger partial charge in [0.2, 0.25) is 11.8 Å². The van der Waals surface area contributed by atoms with E-state index in [9.17, 15) is 14.4 Å². The summed E-state index contributed by atoms with van der Waals surface area (Å²) in [7, 11) is 0. The lowest BCUT2D eigenvalue weighted by atomic mass is 9.63. The van der Waals surface area contributed by atoms with Crippen LogP contribution >= 0.6 is 0 Å². The Kier molecular flexibility index (Phi) is 4.80. The van der Waals surface area contributed by atoms with Crippen molar-refractivity contribution in [1.29, 1.82) is 0 Å². The molecular formula is C29H29NO4. The summed E-state index contributed by atoms with van der Waals surface area (Å²) in [5.41, 5.74) is 2.16. The lowest BCUT2D eigenvalue weighted by Crippen LogP contribution is -2.40. The van der Waals surface area contributed by atoms with Crippen molar-refractivity contribution in [3.8, 4) is 5.75 Å². The Morgan fingerprint density at radius 1 is 0.882 bits per heavy atom. The molecule has 1 heterocycles. The molecule has 34 heavy (non-hydrogen) atoms. The van der Waals surface area contributed by atoms with Crippen molar-refractivity contribution in [2.24, 2.45) is 35.5 Å². The highest BCUT2D eigenvalue weighted by Gasteiger charge is 2.66. The molecule has 2 aromatic carbocycles. The van der Waals surface area contributed by atoms with Crippen LogP contribution in [0.25, 0.3) is 0 Å². The van der Waals surface area contributed by atoms with E-state index in [4.69, 9.17) is 4.74 Å². The summed E-state index contributed by atoms with van der Waals surface area (Å²) in [6.07, 6.45) is 5.46. The first-order valence-corrected chi connectivity index (χ1v) is 12.3. The Hall–Kier alpha value is -3.21. The SMILES string of the molecule is CC(C)(c1ccccc1)c1ccc(OC(=O)CCN2C(=O)[C@@H]3[C@@H]4C=C[C@H]([C@@H]5C[C@H]45)[C@@H]3C2=O)cc1. The second-order valence-corrected chi connectivity index (χ2v) is 10.7. The predicted molar refractivity (Wildman–Crippen MR) is 127 cm³/mol. The molecular weight excluding hydrogens is 426 g/mol. The number of hydrogen-bond donors (Lipinski definition) is 0. The maximum Gasteiger partial charge on any atom is 0.312 e. The summed E-state index contributed by atoms with van der Waals surface area (Å²) >= 11 is 0. The third kappa shape index (κ3) is 3.24. The van der Waals surface area contributed by atoms with Gasteiger partial charge in [0.05, 0.1) is 18.3 Å². The van der Waals surface area contributed by atoms with Gasteiger partial charge in [0, 0.05) is 12.0 Å². The fourth-order valence-corrected chi connectivity index (χ4v) is 6.59. The first kappa shape index (κ1) is 21.3. The maximum absolute atomic E-state index is 13.0. The van der Waals surface area contributed by atoms with Crippen LogP contribution in [0.15, 0.2) is 66.7 Å². The second kappa shape index (κ2) is 7.66. The highest BCUT2D eigenvalue weighted by atomic mass is 16.5. The van der Waals surface area contributed by atoms with Crippen LogP contribution in [-0.4, -0.2) is 29.2 Å². The molecule has 2 saturated carbocycles. The van der Waals surface area contributed by atoms with Crippen molar-refractivity contribution in [2.45, 2.75) is 32.1 Å². The Balaban J connectivity index is 1.07. The van der Waals surface area contributed by atoms with Crippen molar-refractivity contribution >= 4 is 17.8 Å². The number of imide groups is 1. The van der Waals surface area contributed by atoms with Crippen LogP contribution in [0.2, 0.25) is 0 Å². The van der Waals surface area contributed by atoms with Gasteiger partial charge in [-0.25, -0.2) is 0 Å². The second-order valence-electron chi connectivity index (χ2n) is 10.7. The van der Waals surface area contributed by atoms with Gasteiger partial charge in [-0.3, -0.25) is 19.3 Å². The zero-order valence-corrected chi connectivity index (χ0v) is 19.5. The van der Waals surface area contributed by atoms with Crippen molar-refractivity contribution in [1.82, 2.24) is 4.90 Å². The third-order valence-corrected chi connectivity index (χ3v) is 8.60. The summed E-state index contributed by atoms with van der Waals surface area (Å²) < 4.78 is 5.51. The van der Waals surface area contributed by atoms with Gasteiger partial charge in [-0.15, -0.1) is 0 Å². The molecule has 6 atom stereocenters. The Labute approximate surface area is 199 Å². The molecule has 0 spiro atoms. The van der Waals surface area contributed by atoms with Gasteiger partial charge in [-0.1, -0.05) is 68.5 Å². The van der Waals surface area contributed by atoms with Gasteiger partial charge < -0.3 is 4.74 Å². The number of hydrogen-bond acceptors (Lipinski definition) is 4. The van der Waals surface area contributed by atoms with Gasteiger partial charge in [0.1, 0.15) is 5.75 Å².